The molecule has 1 saturated heterocycles. The SMILES string of the molecule is CC(C)(C)OC(=O)N1CCC(NC(=O)/C(=C\CCCCC(=O)NO)COc2cccc3ccccc23)C1. The fourth-order valence-electron chi connectivity index (χ4n) is 4.10. The van der Waals surface area contributed by atoms with Gasteiger partial charge in [0.25, 0.3) is 5.91 Å². The van der Waals surface area contributed by atoms with E-state index in [9.17, 15) is 14.4 Å². The molecule has 2 aromatic carbocycles. The van der Waals surface area contributed by atoms with Crippen molar-refractivity contribution in [3.8, 4) is 5.75 Å². The maximum Gasteiger partial charge on any atom is 0.410 e. The maximum atomic E-state index is 13.2. The number of allylic oxidation sites excluding steroid dienone is 1. The van der Waals surface area contributed by atoms with Gasteiger partial charge in [0.1, 0.15) is 18.0 Å². The van der Waals surface area contributed by atoms with Gasteiger partial charge in [0, 0.05) is 30.9 Å². The van der Waals surface area contributed by atoms with Crippen molar-refractivity contribution in [2.24, 2.45) is 0 Å². The number of unbranched alkanes of at least 4 members (excludes halogenated alkanes) is 2. The minimum absolute atomic E-state index is 0.0828. The van der Waals surface area contributed by atoms with Crippen LogP contribution in [0.2, 0.25) is 0 Å². The zero-order valence-corrected chi connectivity index (χ0v) is 21.8. The molecule has 9 nitrogen and oxygen atoms in total. The van der Waals surface area contributed by atoms with Crippen molar-refractivity contribution in [2.75, 3.05) is 19.7 Å². The summed E-state index contributed by atoms with van der Waals surface area (Å²) in [5.41, 5.74) is 1.53. The lowest BCUT2D eigenvalue weighted by atomic mass is 10.1. The highest BCUT2D eigenvalue weighted by Gasteiger charge is 2.31. The number of fused-ring (bicyclic) bond motifs is 1. The lowest BCUT2D eigenvalue weighted by Gasteiger charge is -2.24. The third-order valence-electron chi connectivity index (χ3n) is 5.97. The van der Waals surface area contributed by atoms with Crippen molar-refractivity contribution < 1.29 is 29.1 Å². The monoisotopic (exact) mass is 511 g/mol. The summed E-state index contributed by atoms with van der Waals surface area (Å²) in [5.74, 6) is 0.00905. The molecule has 37 heavy (non-hydrogen) atoms. The third kappa shape index (κ3) is 8.78. The highest BCUT2D eigenvalue weighted by molar-refractivity contribution is 5.94. The van der Waals surface area contributed by atoms with Crippen molar-refractivity contribution in [1.29, 1.82) is 0 Å². The molecule has 1 aliphatic heterocycles. The number of hydrogen-bond donors (Lipinski definition) is 3. The standard InChI is InChI=1S/C28H37N3O6/c1-28(2,3)37-27(34)31-17-16-22(18-31)29-26(33)21(11-5-4-6-15-25(32)30-35)19-36-24-14-9-12-20-10-7-8-13-23(20)24/h7-14,22,35H,4-6,15-19H2,1-3H3,(H,29,33)(H,30,32)/b21-11-. The topological polar surface area (TPSA) is 117 Å². The summed E-state index contributed by atoms with van der Waals surface area (Å²) in [6.07, 6.45) is 4.13. The number of carbonyl (C=O) groups is 3. The first-order valence-electron chi connectivity index (χ1n) is 12.7. The second kappa shape index (κ2) is 13.1. The Morgan fingerprint density at radius 2 is 1.86 bits per heavy atom. The van der Waals surface area contributed by atoms with Crippen LogP contribution in [0.1, 0.15) is 52.9 Å². The van der Waals surface area contributed by atoms with Crippen LogP contribution in [0, 0.1) is 0 Å². The van der Waals surface area contributed by atoms with E-state index in [-0.39, 0.29) is 31.1 Å². The molecular weight excluding hydrogens is 474 g/mol. The molecule has 1 atom stereocenters. The number of amides is 3. The van der Waals surface area contributed by atoms with Crippen LogP contribution in [0.4, 0.5) is 4.79 Å². The minimum Gasteiger partial charge on any atom is -0.488 e. The van der Waals surface area contributed by atoms with Gasteiger partial charge in [-0.15, -0.1) is 0 Å². The predicted molar refractivity (Wildman–Crippen MR) is 140 cm³/mol. The zero-order valence-electron chi connectivity index (χ0n) is 21.8. The van der Waals surface area contributed by atoms with Gasteiger partial charge >= 0.3 is 6.09 Å². The molecule has 200 valence electrons. The molecule has 0 aromatic heterocycles. The number of likely N-dealkylation sites (tertiary alicyclic amines) is 1. The fourth-order valence-corrected chi connectivity index (χ4v) is 4.10. The van der Waals surface area contributed by atoms with Crippen molar-refractivity contribution in [1.82, 2.24) is 15.7 Å². The maximum absolute atomic E-state index is 13.2. The van der Waals surface area contributed by atoms with Crippen molar-refractivity contribution in [3.05, 3.63) is 54.1 Å². The highest BCUT2D eigenvalue weighted by atomic mass is 16.6. The smallest absolute Gasteiger partial charge is 0.410 e. The number of hydrogen-bond acceptors (Lipinski definition) is 6. The molecule has 1 aliphatic rings. The number of nitrogens with one attached hydrogen (secondary N) is 2. The van der Waals surface area contributed by atoms with E-state index >= 15 is 0 Å². The van der Waals surface area contributed by atoms with Gasteiger partial charge in [0.2, 0.25) is 5.91 Å². The number of benzene rings is 2. The second-order valence-corrected chi connectivity index (χ2v) is 10.2. The van der Waals surface area contributed by atoms with Crippen LogP contribution in [0.3, 0.4) is 0 Å². The lowest BCUT2D eigenvalue weighted by molar-refractivity contribution is -0.129. The largest absolute Gasteiger partial charge is 0.488 e. The lowest BCUT2D eigenvalue weighted by Crippen LogP contribution is -2.41. The van der Waals surface area contributed by atoms with Crippen LogP contribution >= 0.6 is 0 Å². The molecule has 3 amide bonds. The Morgan fingerprint density at radius 1 is 1.11 bits per heavy atom. The number of hydroxylamine groups is 1. The Bertz CT molecular complexity index is 1120. The van der Waals surface area contributed by atoms with Crippen molar-refractivity contribution >= 4 is 28.7 Å². The van der Waals surface area contributed by atoms with Crippen molar-refractivity contribution in [3.63, 3.8) is 0 Å². The predicted octanol–water partition coefficient (Wildman–Crippen LogP) is 4.34. The van der Waals surface area contributed by atoms with Gasteiger partial charge < -0.3 is 19.7 Å². The van der Waals surface area contributed by atoms with Gasteiger partial charge in [0.15, 0.2) is 0 Å². The summed E-state index contributed by atoms with van der Waals surface area (Å²) >= 11 is 0. The Hall–Kier alpha value is -3.59. The number of carbonyl (C=O) groups excluding carboxylic acids is 3. The van der Waals surface area contributed by atoms with E-state index in [2.05, 4.69) is 5.32 Å². The Balaban J connectivity index is 1.63. The average molecular weight is 512 g/mol. The highest BCUT2D eigenvalue weighted by Crippen LogP contribution is 2.25. The van der Waals surface area contributed by atoms with E-state index in [0.29, 0.717) is 50.1 Å². The van der Waals surface area contributed by atoms with Gasteiger partial charge in [0.05, 0.1) is 5.57 Å². The first-order valence-corrected chi connectivity index (χ1v) is 12.7. The summed E-state index contributed by atoms with van der Waals surface area (Å²) in [6, 6.07) is 13.5. The molecular formula is C28H37N3O6. The van der Waals surface area contributed by atoms with E-state index in [1.165, 1.54) is 0 Å². The van der Waals surface area contributed by atoms with Gasteiger partial charge in [-0.1, -0.05) is 42.5 Å². The van der Waals surface area contributed by atoms with Crippen LogP contribution in [-0.4, -0.2) is 59.4 Å². The Kier molecular flexibility index (Phi) is 9.91. The van der Waals surface area contributed by atoms with Crippen LogP contribution in [0.15, 0.2) is 54.1 Å². The van der Waals surface area contributed by atoms with E-state index < -0.39 is 11.5 Å². The molecule has 0 radical (unpaired) electrons. The van der Waals surface area contributed by atoms with Crippen LogP contribution in [0.25, 0.3) is 10.8 Å². The van der Waals surface area contributed by atoms with Gasteiger partial charge in [-0.25, -0.2) is 10.3 Å². The first-order chi connectivity index (χ1) is 17.7. The zero-order chi connectivity index (χ0) is 26.8. The number of nitrogens with zero attached hydrogens (tertiary/aromatic N) is 1. The molecule has 0 spiro atoms. The number of ether oxygens (including phenoxy) is 2. The van der Waals surface area contributed by atoms with Gasteiger partial charge in [-0.3, -0.25) is 14.8 Å². The Labute approximate surface area is 217 Å². The summed E-state index contributed by atoms with van der Waals surface area (Å²) in [5, 5.41) is 13.7. The third-order valence-corrected chi connectivity index (χ3v) is 5.97. The molecule has 1 fully saturated rings. The number of rotatable bonds is 10. The quantitative estimate of drug-likeness (QED) is 0.189. The summed E-state index contributed by atoms with van der Waals surface area (Å²) in [6.45, 7) is 6.45. The second-order valence-electron chi connectivity index (χ2n) is 10.2. The molecule has 0 saturated carbocycles. The summed E-state index contributed by atoms with van der Waals surface area (Å²) < 4.78 is 11.5. The molecule has 0 bridgehead atoms. The minimum atomic E-state index is -0.578. The fraction of sp³-hybridized carbons (Fsp3) is 0.464. The van der Waals surface area contributed by atoms with E-state index in [1.807, 2.05) is 69.3 Å². The molecule has 2 aromatic rings. The average Bonchev–Trinajstić information content (AvgIpc) is 3.33. The van der Waals surface area contributed by atoms with Crippen LogP contribution < -0.4 is 15.5 Å². The normalized spacial score (nSPS) is 15.9. The molecule has 0 aliphatic carbocycles. The summed E-state index contributed by atoms with van der Waals surface area (Å²) in [7, 11) is 0. The van der Waals surface area contributed by atoms with E-state index in [1.54, 1.807) is 10.4 Å². The van der Waals surface area contributed by atoms with Crippen LogP contribution in [-0.2, 0) is 14.3 Å². The molecule has 1 heterocycles. The summed E-state index contributed by atoms with van der Waals surface area (Å²) in [4.78, 5) is 38.4. The molecule has 9 heteroatoms. The van der Waals surface area contributed by atoms with E-state index in [0.717, 1.165) is 10.8 Å². The van der Waals surface area contributed by atoms with E-state index in [4.69, 9.17) is 14.7 Å². The van der Waals surface area contributed by atoms with Crippen LogP contribution in [0.5, 0.6) is 5.75 Å². The van der Waals surface area contributed by atoms with Crippen molar-refractivity contribution in [2.45, 2.75) is 64.5 Å². The van der Waals surface area contributed by atoms with Gasteiger partial charge in [-0.2, -0.15) is 0 Å². The molecule has 3 rings (SSSR count). The van der Waals surface area contributed by atoms with Gasteiger partial charge in [-0.05, 0) is 57.9 Å². The molecule has 3 N–H and O–H groups in total. The Morgan fingerprint density at radius 3 is 2.62 bits per heavy atom. The first kappa shape index (κ1) is 28.0. The molecule has 1 unspecified atom stereocenters.